The second-order valence-corrected chi connectivity index (χ2v) is 9.74. The molecule has 0 aliphatic carbocycles. The summed E-state index contributed by atoms with van der Waals surface area (Å²) in [4.78, 5) is 18.7. The Balaban J connectivity index is 2.07. The minimum Gasteiger partial charge on any atom is -0.314 e. The molecule has 1 aromatic carbocycles. The van der Waals surface area contributed by atoms with Crippen LogP contribution in [-0.4, -0.2) is 54.4 Å². The fourth-order valence-corrected chi connectivity index (χ4v) is 7.39. The van der Waals surface area contributed by atoms with Crippen molar-refractivity contribution in [2.45, 2.75) is 16.2 Å². The van der Waals surface area contributed by atoms with Crippen molar-refractivity contribution >= 4 is 61.7 Å². The number of anilines is 1. The van der Waals surface area contributed by atoms with Crippen LogP contribution in [0.3, 0.4) is 0 Å². The smallest absolute Gasteiger partial charge is 0.262 e. The number of aliphatic imine (C=N–C) groups is 1. The number of sulfone groups is 1. The van der Waals surface area contributed by atoms with Crippen LogP contribution in [0.2, 0.25) is 0 Å². The van der Waals surface area contributed by atoms with Crippen LogP contribution < -0.4 is 4.90 Å². The van der Waals surface area contributed by atoms with E-state index in [1.54, 1.807) is 11.8 Å². The van der Waals surface area contributed by atoms with Gasteiger partial charge >= 0.3 is 0 Å². The first kappa shape index (κ1) is 17.1. The van der Waals surface area contributed by atoms with Crippen molar-refractivity contribution in [3.8, 4) is 0 Å². The van der Waals surface area contributed by atoms with Crippen LogP contribution in [0.5, 0.6) is 0 Å². The molecule has 1 amide bonds. The molecule has 2 fully saturated rings. The second-order valence-electron chi connectivity index (χ2n) is 5.26. The number of amidine groups is 1. The molecule has 2 aliphatic heterocycles. The summed E-state index contributed by atoms with van der Waals surface area (Å²) >= 11 is 8.50. The number of rotatable bonds is 3. The third-order valence-corrected chi connectivity index (χ3v) is 7.97. The molecule has 0 saturated carbocycles. The van der Waals surface area contributed by atoms with Crippen LogP contribution in [0, 0.1) is 0 Å². The number of amides is 1. The number of fused-ring (bicyclic) bond motifs is 1. The molecule has 3 rings (SSSR count). The average Bonchev–Trinajstić information content (AvgIpc) is 2.98. The van der Waals surface area contributed by atoms with Crippen LogP contribution in [0.15, 0.2) is 34.2 Å². The molecule has 2 unspecified atom stereocenters. The zero-order valence-corrected chi connectivity index (χ0v) is 15.5. The van der Waals surface area contributed by atoms with E-state index in [4.69, 9.17) is 11.6 Å². The molecule has 2 saturated heterocycles. The van der Waals surface area contributed by atoms with Crippen molar-refractivity contribution in [1.29, 1.82) is 0 Å². The molecule has 2 heterocycles. The van der Waals surface area contributed by atoms with Crippen molar-refractivity contribution in [3.63, 3.8) is 0 Å². The molecule has 0 radical (unpaired) electrons. The van der Waals surface area contributed by atoms with Gasteiger partial charge in [0.25, 0.3) is 5.91 Å². The van der Waals surface area contributed by atoms with Gasteiger partial charge in [-0.05, 0) is 18.4 Å². The highest BCUT2D eigenvalue weighted by Gasteiger charge is 2.49. The van der Waals surface area contributed by atoms with Crippen LogP contribution >= 0.6 is 35.1 Å². The minimum absolute atomic E-state index is 0.0848. The molecule has 0 N–H and O–H groups in total. The number of thioether (sulfide) groups is 2. The van der Waals surface area contributed by atoms with E-state index in [1.807, 2.05) is 35.4 Å². The first-order valence-corrected chi connectivity index (χ1v) is 11.4. The SMILES string of the molecule is CSc1ccccc1N1C(=NC(=O)CCl)SC2CS(=O)(=O)CC21. The molecule has 0 aromatic heterocycles. The number of nitrogens with zero attached hydrogens (tertiary/aromatic N) is 2. The maximum absolute atomic E-state index is 12.0. The van der Waals surface area contributed by atoms with Gasteiger partial charge in [0.05, 0.1) is 23.2 Å². The zero-order valence-electron chi connectivity index (χ0n) is 12.3. The molecule has 0 bridgehead atoms. The third-order valence-electron chi connectivity index (χ3n) is 3.75. The van der Waals surface area contributed by atoms with Crippen molar-refractivity contribution < 1.29 is 13.2 Å². The normalized spacial score (nSPS) is 27.4. The van der Waals surface area contributed by atoms with E-state index < -0.39 is 15.7 Å². The number of carbonyl (C=O) groups is 1. The lowest BCUT2D eigenvalue weighted by molar-refractivity contribution is -0.115. The molecule has 23 heavy (non-hydrogen) atoms. The van der Waals surface area contributed by atoms with Gasteiger partial charge in [0, 0.05) is 10.1 Å². The first-order valence-electron chi connectivity index (χ1n) is 6.92. The fourth-order valence-electron chi connectivity index (χ4n) is 2.81. The van der Waals surface area contributed by atoms with Gasteiger partial charge in [-0.2, -0.15) is 4.99 Å². The summed E-state index contributed by atoms with van der Waals surface area (Å²) in [5.41, 5.74) is 0.887. The summed E-state index contributed by atoms with van der Waals surface area (Å²) in [6.45, 7) is 0. The molecule has 2 atom stereocenters. The number of carbonyl (C=O) groups excluding carboxylic acids is 1. The predicted molar refractivity (Wildman–Crippen MR) is 97.7 cm³/mol. The maximum atomic E-state index is 12.0. The number of benzene rings is 1. The standard InChI is InChI=1S/C14H15ClN2O3S3/c1-21-11-5-3-2-4-9(11)17-10-7-23(19,20)8-12(10)22-14(17)16-13(18)6-15/h2-5,10,12H,6-8H2,1H3. The van der Waals surface area contributed by atoms with E-state index in [2.05, 4.69) is 4.99 Å². The minimum atomic E-state index is -3.06. The molecule has 1 aromatic rings. The topological polar surface area (TPSA) is 66.8 Å². The Hall–Kier alpha value is -0.700. The van der Waals surface area contributed by atoms with Crippen molar-refractivity contribution in [2.24, 2.45) is 4.99 Å². The van der Waals surface area contributed by atoms with Crippen molar-refractivity contribution in [3.05, 3.63) is 24.3 Å². The number of halogens is 1. The van der Waals surface area contributed by atoms with E-state index in [9.17, 15) is 13.2 Å². The first-order chi connectivity index (χ1) is 10.9. The van der Waals surface area contributed by atoms with Crippen LogP contribution in [0.4, 0.5) is 5.69 Å². The summed E-state index contributed by atoms with van der Waals surface area (Å²) in [6.07, 6.45) is 1.96. The number of hydrogen-bond donors (Lipinski definition) is 0. The Morgan fingerprint density at radius 3 is 2.87 bits per heavy atom. The molecular weight excluding hydrogens is 376 g/mol. The molecular formula is C14H15ClN2O3S3. The lowest BCUT2D eigenvalue weighted by Gasteiger charge is -2.26. The highest BCUT2D eigenvalue weighted by atomic mass is 35.5. The molecule has 124 valence electrons. The number of hydrogen-bond acceptors (Lipinski definition) is 5. The van der Waals surface area contributed by atoms with Gasteiger partial charge in [-0.25, -0.2) is 8.42 Å². The van der Waals surface area contributed by atoms with Crippen LogP contribution in [-0.2, 0) is 14.6 Å². The summed E-state index contributed by atoms with van der Waals surface area (Å²) in [5.74, 6) is -0.394. The van der Waals surface area contributed by atoms with Gasteiger partial charge in [-0.1, -0.05) is 23.9 Å². The second kappa shape index (κ2) is 6.66. The molecule has 5 nitrogen and oxygen atoms in total. The Labute approximate surface area is 148 Å². The average molecular weight is 391 g/mol. The highest BCUT2D eigenvalue weighted by molar-refractivity contribution is 8.16. The number of alkyl halides is 1. The summed E-state index contributed by atoms with van der Waals surface area (Å²) in [6, 6.07) is 7.54. The lowest BCUT2D eigenvalue weighted by Crippen LogP contribution is -2.38. The maximum Gasteiger partial charge on any atom is 0.262 e. The predicted octanol–water partition coefficient (Wildman–Crippen LogP) is 2.25. The third kappa shape index (κ3) is 3.40. The monoisotopic (exact) mass is 390 g/mol. The molecule has 9 heteroatoms. The van der Waals surface area contributed by atoms with Crippen molar-refractivity contribution in [1.82, 2.24) is 0 Å². The largest absolute Gasteiger partial charge is 0.314 e. The summed E-state index contributed by atoms with van der Waals surface area (Å²) in [5, 5.41) is 0.443. The Kier molecular flexibility index (Phi) is 4.96. The quantitative estimate of drug-likeness (QED) is 0.582. The van der Waals surface area contributed by atoms with Crippen LogP contribution in [0.25, 0.3) is 0 Å². The van der Waals surface area contributed by atoms with Gasteiger partial charge in [0.1, 0.15) is 5.88 Å². The zero-order chi connectivity index (χ0) is 16.6. The van der Waals surface area contributed by atoms with E-state index in [0.29, 0.717) is 5.17 Å². The molecule has 2 aliphatic rings. The Morgan fingerprint density at radius 1 is 1.43 bits per heavy atom. The van der Waals surface area contributed by atoms with Gasteiger partial charge in [-0.3, -0.25) is 4.79 Å². The van der Waals surface area contributed by atoms with E-state index in [0.717, 1.165) is 10.6 Å². The van der Waals surface area contributed by atoms with Crippen molar-refractivity contribution in [2.75, 3.05) is 28.5 Å². The van der Waals surface area contributed by atoms with Crippen LogP contribution in [0.1, 0.15) is 0 Å². The van der Waals surface area contributed by atoms with E-state index in [-0.39, 0.29) is 28.7 Å². The molecule has 0 spiro atoms. The van der Waals surface area contributed by atoms with Gasteiger partial charge < -0.3 is 4.90 Å². The van der Waals surface area contributed by atoms with Gasteiger partial charge in [-0.15, -0.1) is 23.4 Å². The summed E-state index contributed by atoms with van der Waals surface area (Å²) < 4.78 is 24.0. The Morgan fingerprint density at radius 2 is 2.17 bits per heavy atom. The summed E-state index contributed by atoms with van der Waals surface area (Å²) in [7, 11) is -3.06. The highest BCUT2D eigenvalue weighted by Crippen LogP contribution is 2.43. The Bertz CT molecular complexity index is 766. The fraction of sp³-hybridized carbons (Fsp3) is 0.429. The van der Waals surface area contributed by atoms with Gasteiger partial charge in [0.2, 0.25) is 0 Å². The lowest BCUT2D eigenvalue weighted by atomic mass is 10.2. The van der Waals surface area contributed by atoms with E-state index >= 15 is 0 Å². The number of para-hydroxylation sites is 1. The van der Waals surface area contributed by atoms with E-state index in [1.165, 1.54) is 11.8 Å². The van der Waals surface area contributed by atoms with Gasteiger partial charge in [0.15, 0.2) is 15.0 Å².